The molecule has 0 saturated carbocycles. The number of sulfonamides is 1. The van der Waals surface area contributed by atoms with Crippen molar-refractivity contribution in [1.82, 2.24) is 0 Å². The molecule has 0 aliphatic carbocycles. The van der Waals surface area contributed by atoms with E-state index >= 15 is 0 Å². The predicted octanol–water partition coefficient (Wildman–Crippen LogP) is 3.54. The Bertz CT molecular complexity index is 934. The second-order valence-corrected chi connectivity index (χ2v) is 7.37. The molecule has 0 heterocycles. The molecule has 6 nitrogen and oxygen atoms in total. The maximum absolute atomic E-state index is 13.0. The first-order valence-corrected chi connectivity index (χ1v) is 9.12. The summed E-state index contributed by atoms with van der Waals surface area (Å²) < 4.78 is 45.5. The first kappa shape index (κ1) is 19.5. The molecule has 0 unspecified atom stereocenters. The predicted molar refractivity (Wildman–Crippen MR) is 98.3 cm³/mol. The maximum Gasteiger partial charge on any atom is 0.262 e. The fraction of sp³-hybridized carbons (Fsp3) is 0.167. The number of benzene rings is 2. The van der Waals surface area contributed by atoms with Gasteiger partial charge >= 0.3 is 0 Å². The Balaban J connectivity index is 2.32. The summed E-state index contributed by atoms with van der Waals surface area (Å²) in [5.41, 5.74) is 1.37. The minimum absolute atomic E-state index is 0.0973. The van der Waals surface area contributed by atoms with Gasteiger partial charge in [-0.15, -0.1) is 0 Å². The molecule has 0 saturated heterocycles. The van der Waals surface area contributed by atoms with Crippen molar-refractivity contribution in [3.8, 4) is 5.75 Å². The van der Waals surface area contributed by atoms with Crippen LogP contribution in [-0.2, 0) is 14.8 Å². The second kappa shape index (κ2) is 8.01. The van der Waals surface area contributed by atoms with Gasteiger partial charge in [-0.3, -0.25) is 9.52 Å². The third kappa shape index (κ3) is 5.06. The van der Waals surface area contributed by atoms with Gasteiger partial charge in [0.1, 0.15) is 11.6 Å². The van der Waals surface area contributed by atoms with Crippen molar-refractivity contribution in [3.05, 3.63) is 59.9 Å². The Hall–Kier alpha value is -2.87. The second-order valence-electron chi connectivity index (χ2n) is 5.69. The Morgan fingerprint density at radius 1 is 1.12 bits per heavy atom. The Kier molecular flexibility index (Phi) is 5.99. The highest BCUT2D eigenvalue weighted by Crippen LogP contribution is 2.30. The van der Waals surface area contributed by atoms with Crippen molar-refractivity contribution in [2.45, 2.75) is 18.7 Å². The normalized spacial score (nSPS) is 10.8. The van der Waals surface area contributed by atoms with Gasteiger partial charge in [0.05, 0.1) is 17.7 Å². The average Bonchev–Trinajstić information content (AvgIpc) is 2.54. The molecule has 0 bridgehead atoms. The zero-order valence-electron chi connectivity index (χ0n) is 14.5. The van der Waals surface area contributed by atoms with Crippen LogP contribution < -0.4 is 14.8 Å². The van der Waals surface area contributed by atoms with Crippen LogP contribution in [0.2, 0.25) is 0 Å². The van der Waals surface area contributed by atoms with E-state index in [1.54, 1.807) is 19.9 Å². The van der Waals surface area contributed by atoms with E-state index in [-0.39, 0.29) is 22.2 Å². The van der Waals surface area contributed by atoms with E-state index in [1.165, 1.54) is 25.3 Å². The lowest BCUT2D eigenvalue weighted by Crippen LogP contribution is -2.14. The number of methoxy groups -OCH3 is 1. The Morgan fingerprint density at radius 2 is 1.77 bits per heavy atom. The van der Waals surface area contributed by atoms with Gasteiger partial charge in [-0.25, -0.2) is 12.8 Å². The minimum atomic E-state index is -3.95. The lowest BCUT2D eigenvalue weighted by molar-refractivity contribution is -0.111. The summed E-state index contributed by atoms with van der Waals surface area (Å²) in [6.45, 7) is 3.58. The quantitative estimate of drug-likeness (QED) is 0.753. The van der Waals surface area contributed by atoms with Crippen LogP contribution in [0.1, 0.15) is 13.8 Å². The van der Waals surface area contributed by atoms with Gasteiger partial charge in [-0.1, -0.05) is 5.57 Å². The van der Waals surface area contributed by atoms with E-state index in [0.717, 1.165) is 29.8 Å². The molecular weight excluding hydrogens is 359 g/mol. The number of nitrogens with one attached hydrogen (secondary N) is 2. The molecule has 1 amide bonds. The number of ether oxygens (including phenoxy) is 1. The molecule has 0 aliphatic heterocycles. The summed E-state index contributed by atoms with van der Waals surface area (Å²) in [5, 5.41) is 2.64. The number of hydrogen-bond donors (Lipinski definition) is 2. The van der Waals surface area contributed by atoms with Gasteiger partial charge in [0.25, 0.3) is 10.0 Å². The van der Waals surface area contributed by atoms with E-state index in [4.69, 9.17) is 4.74 Å². The van der Waals surface area contributed by atoms with Crippen molar-refractivity contribution in [2.75, 3.05) is 17.1 Å². The lowest BCUT2D eigenvalue weighted by Gasteiger charge is -2.14. The highest BCUT2D eigenvalue weighted by molar-refractivity contribution is 7.92. The van der Waals surface area contributed by atoms with Crippen LogP contribution in [0.3, 0.4) is 0 Å². The average molecular weight is 378 g/mol. The number of anilines is 2. The number of halogens is 1. The SMILES string of the molecule is COc1ccc(NC(=O)C=C(C)C)cc1NS(=O)(=O)c1ccc(F)cc1. The molecule has 0 radical (unpaired) electrons. The van der Waals surface area contributed by atoms with Gasteiger partial charge in [0.15, 0.2) is 0 Å². The maximum atomic E-state index is 13.0. The fourth-order valence-corrected chi connectivity index (χ4v) is 3.18. The van der Waals surface area contributed by atoms with Crippen LogP contribution in [0.4, 0.5) is 15.8 Å². The van der Waals surface area contributed by atoms with Crippen LogP contribution in [0.15, 0.2) is 59.0 Å². The van der Waals surface area contributed by atoms with Crippen LogP contribution in [-0.4, -0.2) is 21.4 Å². The molecule has 8 heteroatoms. The molecule has 138 valence electrons. The standard InChI is InChI=1S/C18H19FN2O4S/c1-12(2)10-18(22)20-14-6-9-17(25-3)16(11-14)21-26(23,24)15-7-4-13(19)5-8-15/h4-11,21H,1-3H3,(H,20,22). The number of carbonyl (C=O) groups is 1. The van der Waals surface area contributed by atoms with E-state index < -0.39 is 15.8 Å². The van der Waals surface area contributed by atoms with Gasteiger partial charge in [-0.05, 0) is 56.3 Å². The van der Waals surface area contributed by atoms with E-state index in [0.29, 0.717) is 5.69 Å². The van der Waals surface area contributed by atoms with Crippen LogP contribution in [0.25, 0.3) is 0 Å². The fourth-order valence-electron chi connectivity index (χ4n) is 2.12. The molecular formula is C18H19FN2O4S. The Labute approximate surface area is 151 Å². The van der Waals surface area contributed by atoms with Crippen molar-refractivity contribution >= 4 is 27.3 Å². The van der Waals surface area contributed by atoms with Gasteiger partial charge in [0, 0.05) is 11.8 Å². The smallest absolute Gasteiger partial charge is 0.262 e. The van der Waals surface area contributed by atoms with Crippen LogP contribution >= 0.6 is 0 Å². The zero-order chi connectivity index (χ0) is 19.3. The summed E-state index contributed by atoms with van der Waals surface area (Å²) in [5.74, 6) is -0.594. The van der Waals surface area contributed by atoms with Crippen molar-refractivity contribution in [2.24, 2.45) is 0 Å². The summed E-state index contributed by atoms with van der Waals surface area (Å²) in [4.78, 5) is 11.7. The van der Waals surface area contributed by atoms with Gasteiger partial charge in [-0.2, -0.15) is 0 Å². The molecule has 0 aliphatic rings. The number of carbonyl (C=O) groups excluding carboxylic acids is 1. The van der Waals surface area contributed by atoms with E-state index in [1.807, 2.05) is 0 Å². The number of hydrogen-bond acceptors (Lipinski definition) is 4. The molecule has 2 N–H and O–H groups in total. The third-order valence-electron chi connectivity index (χ3n) is 3.26. The summed E-state index contributed by atoms with van der Waals surface area (Å²) in [6, 6.07) is 8.99. The number of allylic oxidation sites excluding steroid dienone is 1. The summed E-state index contributed by atoms with van der Waals surface area (Å²) >= 11 is 0. The molecule has 0 fully saturated rings. The third-order valence-corrected chi connectivity index (χ3v) is 4.64. The highest BCUT2D eigenvalue weighted by atomic mass is 32.2. The van der Waals surface area contributed by atoms with Crippen molar-refractivity contribution in [3.63, 3.8) is 0 Å². The minimum Gasteiger partial charge on any atom is -0.495 e. The highest BCUT2D eigenvalue weighted by Gasteiger charge is 2.17. The lowest BCUT2D eigenvalue weighted by atomic mass is 10.2. The molecule has 2 aromatic rings. The largest absolute Gasteiger partial charge is 0.495 e. The molecule has 0 atom stereocenters. The summed E-state index contributed by atoms with van der Waals surface area (Å²) in [6.07, 6.45) is 1.42. The first-order valence-electron chi connectivity index (χ1n) is 7.63. The van der Waals surface area contributed by atoms with Crippen LogP contribution in [0.5, 0.6) is 5.75 Å². The number of amides is 1. The molecule has 0 spiro atoms. The van der Waals surface area contributed by atoms with Gasteiger partial charge < -0.3 is 10.1 Å². The zero-order valence-corrected chi connectivity index (χ0v) is 15.4. The molecule has 2 aromatic carbocycles. The first-order chi connectivity index (χ1) is 12.2. The van der Waals surface area contributed by atoms with E-state index in [9.17, 15) is 17.6 Å². The summed E-state index contributed by atoms with van der Waals surface area (Å²) in [7, 11) is -2.55. The van der Waals surface area contributed by atoms with E-state index in [2.05, 4.69) is 10.0 Å². The van der Waals surface area contributed by atoms with Gasteiger partial charge in [0.2, 0.25) is 5.91 Å². The molecule has 0 aromatic heterocycles. The Morgan fingerprint density at radius 3 is 2.35 bits per heavy atom. The van der Waals surface area contributed by atoms with Crippen molar-refractivity contribution in [1.29, 1.82) is 0 Å². The van der Waals surface area contributed by atoms with Crippen molar-refractivity contribution < 1.29 is 22.3 Å². The van der Waals surface area contributed by atoms with Crippen LogP contribution in [0, 0.1) is 5.82 Å². The number of rotatable bonds is 6. The monoisotopic (exact) mass is 378 g/mol. The topological polar surface area (TPSA) is 84.5 Å². The molecule has 2 rings (SSSR count). The molecule has 26 heavy (non-hydrogen) atoms.